The summed E-state index contributed by atoms with van der Waals surface area (Å²) in [5.74, 6) is 0.878. The van der Waals surface area contributed by atoms with Crippen LogP contribution in [0.4, 0.5) is 0 Å². The fourth-order valence-corrected chi connectivity index (χ4v) is 1.74. The van der Waals surface area contributed by atoms with E-state index in [1.807, 2.05) is 0 Å². The highest BCUT2D eigenvalue weighted by Gasteiger charge is 1.92. The molecule has 0 nitrogen and oxygen atoms in total. The van der Waals surface area contributed by atoms with Gasteiger partial charge in [-0.25, -0.2) is 0 Å². The zero-order valence-corrected chi connectivity index (χ0v) is 11.1. The van der Waals surface area contributed by atoms with Gasteiger partial charge in [-0.1, -0.05) is 65.0 Å². The van der Waals surface area contributed by atoms with Crippen molar-refractivity contribution in [1.29, 1.82) is 0 Å². The third kappa shape index (κ3) is 13.7. The van der Waals surface area contributed by atoms with E-state index in [2.05, 4.69) is 32.9 Å². The second-order valence-electron chi connectivity index (χ2n) is 5.00. The standard InChI is InChI=1S/C15H30/c1-4-5-6-7-8-9-10-11-12-13-14-15(2)3/h9-10,15H,4-8,11-14H2,1-3H3/b10-9+. The van der Waals surface area contributed by atoms with E-state index in [0.29, 0.717) is 0 Å². The van der Waals surface area contributed by atoms with Crippen LogP contribution in [0.1, 0.15) is 78.6 Å². The molecule has 0 unspecified atom stereocenters. The fraction of sp³-hybridized carbons (Fsp3) is 0.867. The molecule has 0 aliphatic rings. The molecule has 0 fully saturated rings. The Morgan fingerprint density at radius 3 is 1.93 bits per heavy atom. The average Bonchev–Trinajstić information content (AvgIpc) is 2.20. The largest absolute Gasteiger partial charge is 0.0885 e. The Morgan fingerprint density at radius 2 is 1.40 bits per heavy atom. The molecule has 90 valence electrons. The molecule has 0 saturated carbocycles. The van der Waals surface area contributed by atoms with E-state index >= 15 is 0 Å². The van der Waals surface area contributed by atoms with Crippen LogP contribution in [-0.2, 0) is 0 Å². The number of unbranched alkanes of at least 4 members (excludes halogenated alkanes) is 6. The Kier molecular flexibility index (Phi) is 11.6. The van der Waals surface area contributed by atoms with Crippen LogP contribution in [0, 0.1) is 5.92 Å². The summed E-state index contributed by atoms with van der Waals surface area (Å²) in [5, 5.41) is 0. The molecule has 0 aliphatic carbocycles. The summed E-state index contributed by atoms with van der Waals surface area (Å²) >= 11 is 0. The van der Waals surface area contributed by atoms with E-state index in [1.54, 1.807) is 0 Å². The van der Waals surface area contributed by atoms with Gasteiger partial charge >= 0.3 is 0 Å². The molecule has 0 aromatic heterocycles. The molecular formula is C15H30. The Balaban J connectivity index is 3.04. The first-order chi connectivity index (χ1) is 7.27. The normalized spacial score (nSPS) is 11.7. The second kappa shape index (κ2) is 11.8. The third-order valence-electron chi connectivity index (χ3n) is 2.79. The smallest absolute Gasteiger partial charge is 0.0351 e. The summed E-state index contributed by atoms with van der Waals surface area (Å²) in [6, 6.07) is 0. The molecule has 0 aliphatic heterocycles. The summed E-state index contributed by atoms with van der Waals surface area (Å²) in [6.07, 6.45) is 17.1. The summed E-state index contributed by atoms with van der Waals surface area (Å²) in [4.78, 5) is 0. The van der Waals surface area contributed by atoms with Gasteiger partial charge in [-0.2, -0.15) is 0 Å². The van der Waals surface area contributed by atoms with Gasteiger partial charge in [-0.3, -0.25) is 0 Å². The van der Waals surface area contributed by atoms with Crippen LogP contribution in [0.3, 0.4) is 0 Å². The number of hydrogen-bond acceptors (Lipinski definition) is 0. The summed E-state index contributed by atoms with van der Waals surface area (Å²) in [5.41, 5.74) is 0. The van der Waals surface area contributed by atoms with Crippen molar-refractivity contribution in [3.63, 3.8) is 0 Å². The van der Waals surface area contributed by atoms with Crippen LogP contribution in [0.25, 0.3) is 0 Å². The fourth-order valence-electron chi connectivity index (χ4n) is 1.74. The van der Waals surface area contributed by atoms with Crippen LogP contribution >= 0.6 is 0 Å². The van der Waals surface area contributed by atoms with Crippen molar-refractivity contribution >= 4 is 0 Å². The van der Waals surface area contributed by atoms with Gasteiger partial charge in [0.15, 0.2) is 0 Å². The van der Waals surface area contributed by atoms with E-state index < -0.39 is 0 Å². The number of allylic oxidation sites excluding steroid dienone is 2. The molecule has 0 amide bonds. The van der Waals surface area contributed by atoms with Crippen LogP contribution in [0.2, 0.25) is 0 Å². The summed E-state index contributed by atoms with van der Waals surface area (Å²) in [6.45, 7) is 6.89. The van der Waals surface area contributed by atoms with E-state index in [1.165, 1.54) is 57.8 Å². The van der Waals surface area contributed by atoms with Crippen LogP contribution in [0.15, 0.2) is 12.2 Å². The maximum Gasteiger partial charge on any atom is -0.0351 e. The minimum Gasteiger partial charge on any atom is -0.0885 e. The van der Waals surface area contributed by atoms with Gasteiger partial charge in [-0.15, -0.1) is 0 Å². The zero-order valence-electron chi connectivity index (χ0n) is 11.1. The van der Waals surface area contributed by atoms with Gasteiger partial charge in [0.25, 0.3) is 0 Å². The molecule has 0 rings (SSSR count). The molecule has 0 saturated heterocycles. The van der Waals surface area contributed by atoms with Crippen molar-refractivity contribution in [3.8, 4) is 0 Å². The van der Waals surface area contributed by atoms with Crippen molar-refractivity contribution in [2.24, 2.45) is 5.92 Å². The van der Waals surface area contributed by atoms with Gasteiger partial charge in [0, 0.05) is 0 Å². The minimum atomic E-state index is 0.878. The summed E-state index contributed by atoms with van der Waals surface area (Å²) < 4.78 is 0. The number of hydrogen-bond donors (Lipinski definition) is 0. The van der Waals surface area contributed by atoms with Crippen molar-refractivity contribution in [2.75, 3.05) is 0 Å². The predicted octanol–water partition coefficient (Wildman–Crippen LogP) is 5.73. The third-order valence-corrected chi connectivity index (χ3v) is 2.79. The molecule has 0 spiro atoms. The second-order valence-corrected chi connectivity index (χ2v) is 5.00. The maximum atomic E-state index is 2.38. The van der Waals surface area contributed by atoms with E-state index in [-0.39, 0.29) is 0 Å². The topological polar surface area (TPSA) is 0 Å². The molecule has 0 aromatic carbocycles. The molecule has 0 atom stereocenters. The molecule has 0 heterocycles. The lowest BCUT2D eigenvalue weighted by atomic mass is 10.1. The first kappa shape index (κ1) is 14.7. The highest BCUT2D eigenvalue weighted by atomic mass is 14.0. The van der Waals surface area contributed by atoms with E-state index in [0.717, 1.165) is 5.92 Å². The lowest BCUT2D eigenvalue weighted by molar-refractivity contribution is 0.540. The van der Waals surface area contributed by atoms with E-state index in [9.17, 15) is 0 Å². The molecule has 0 bridgehead atoms. The molecule has 0 radical (unpaired) electrons. The van der Waals surface area contributed by atoms with Crippen LogP contribution in [-0.4, -0.2) is 0 Å². The maximum absolute atomic E-state index is 2.38. The van der Waals surface area contributed by atoms with Gasteiger partial charge in [0.1, 0.15) is 0 Å². The zero-order chi connectivity index (χ0) is 11.4. The molecule has 15 heavy (non-hydrogen) atoms. The lowest BCUT2D eigenvalue weighted by Crippen LogP contribution is -1.85. The lowest BCUT2D eigenvalue weighted by Gasteiger charge is -2.01. The molecule has 0 heteroatoms. The first-order valence-electron chi connectivity index (χ1n) is 6.92. The highest BCUT2D eigenvalue weighted by Crippen LogP contribution is 2.09. The summed E-state index contributed by atoms with van der Waals surface area (Å²) in [7, 11) is 0. The van der Waals surface area contributed by atoms with Crippen molar-refractivity contribution < 1.29 is 0 Å². The molecule has 0 N–H and O–H groups in total. The Bertz CT molecular complexity index is 133. The average molecular weight is 210 g/mol. The predicted molar refractivity (Wildman–Crippen MR) is 71.2 cm³/mol. The van der Waals surface area contributed by atoms with Gasteiger partial charge in [0.05, 0.1) is 0 Å². The van der Waals surface area contributed by atoms with Crippen molar-refractivity contribution in [2.45, 2.75) is 78.6 Å². The van der Waals surface area contributed by atoms with Crippen LogP contribution in [0.5, 0.6) is 0 Å². The Labute approximate surface area is 97.2 Å². The quantitative estimate of drug-likeness (QED) is 0.319. The monoisotopic (exact) mass is 210 g/mol. The highest BCUT2D eigenvalue weighted by molar-refractivity contribution is 4.81. The molecule has 0 aromatic rings. The van der Waals surface area contributed by atoms with Gasteiger partial charge < -0.3 is 0 Å². The Hall–Kier alpha value is -0.260. The minimum absolute atomic E-state index is 0.878. The first-order valence-corrected chi connectivity index (χ1v) is 6.92. The van der Waals surface area contributed by atoms with Gasteiger partial charge in [0.2, 0.25) is 0 Å². The number of rotatable bonds is 10. The SMILES string of the molecule is CCCCCC/C=C/CCCCC(C)C. The molecular weight excluding hydrogens is 180 g/mol. The van der Waals surface area contributed by atoms with Crippen molar-refractivity contribution in [3.05, 3.63) is 12.2 Å². The Morgan fingerprint density at radius 1 is 0.800 bits per heavy atom. The van der Waals surface area contributed by atoms with E-state index in [4.69, 9.17) is 0 Å². The van der Waals surface area contributed by atoms with Crippen molar-refractivity contribution in [1.82, 2.24) is 0 Å². The van der Waals surface area contributed by atoms with Crippen LogP contribution < -0.4 is 0 Å². The van der Waals surface area contributed by atoms with Gasteiger partial charge in [-0.05, 0) is 31.6 Å².